The van der Waals surface area contributed by atoms with Crippen LogP contribution in [0.15, 0.2) is 30.7 Å². The first-order valence-electron chi connectivity index (χ1n) is 5.20. The number of aryl methyl sites for hydroxylation is 1. The van der Waals surface area contributed by atoms with Gasteiger partial charge in [-0.2, -0.15) is 0 Å². The molecule has 0 spiro atoms. The van der Waals surface area contributed by atoms with Gasteiger partial charge in [-0.25, -0.2) is 9.37 Å². The lowest BCUT2D eigenvalue weighted by Gasteiger charge is -2.07. The van der Waals surface area contributed by atoms with Crippen molar-refractivity contribution in [1.29, 1.82) is 0 Å². The first-order valence-corrected chi connectivity index (χ1v) is 5.57. The van der Waals surface area contributed by atoms with Crippen LogP contribution in [0.25, 0.3) is 0 Å². The average Bonchev–Trinajstić information content (AvgIpc) is 2.70. The number of halogens is 2. The Morgan fingerprint density at radius 3 is 2.94 bits per heavy atom. The van der Waals surface area contributed by atoms with E-state index in [1.54, 1.807) is 18.6 Å². The van der Waals surface area contributed by atoms with Crippen molar-refractivity contribution in [2.75, 3.05) is 6.61 Å². The van der Waals surface area contributed by atoms with Crippen LogP contribution in [-0.4, -0.2) is 16.2 Å². The third-order valence-electron chi connectivity index (χ3n) is 2.43. The lowest BCUT2D eigenvalue weighted by Crippen LogP contribution is -2.04. The number of nitrogens with zero attached hydrogens (tertiary/aromatic N) is 2. The van der Waals surface area contributed by atoms with E-state index in [1.807, 2.05) is 11.6 Å². The van der Waals surface area contributed by atoms with Gasteiger partial charge in [0.05, 0.1) is 18.0 Å². The molecule has 0 aliphatic carbocycles. The van der Waals surface area contributed by atoms with Gasteiger partial charge in [-0.15, -0.1) is 0 Å². The molecule has 1 heterocycles. The molecule has 90 valence electrons. The molecule has 3 nitrogen and oxygen atoms in total. The Labute approximate surface area is 104 Å². The number of rotatable bonds is 4. The Bertz CT molecular complexity index is 513. The summed E-state index contributed by atoms with van der Waals surface area (Å²) in [6, 6.07) is 4.33. The maximum absolute atomic E-state index is 12.9. The Balaban J connectivity index is 1.90. The smallest absolute Gasteiger partial charge is 0.142 e. The second-order valence-corrected chi connectivity index (χ2v) is 4.08. The summed E-state index contributed by atoms with van der Waals surface area (Å²) in [6.45, 7) is 0.501. The van der Waals surface area contributed by atoms with Crippen LogP contribution in [0.2, 0.25) is 5.02 Å². The van der Waals surface area contributed by atoms with E-state index in [1.165, 1.54) is 12.1 Å². The molecule has 0 unspecified atom stereocenters. The minimum Gasteiger partial charge on any atom is -0.493 e. The first-order chi connectivity index (χ1) is 8.16. The van der Waals surface area contributed by atoms with Crippen molar-refractivity contribution in [3.8, 4) is 5.75 Å². The third-order valence-corrected chi connectivity index (χ3v) is 2.72. The van der Waals surface area contributed by atoms with Crippen LogP contribution < -0.4 is 4.74 Å². The van der Waals surface area contributed by atoms with Gasteiger partial charge in [-0.05, 0) is 12.1 Å². The highest BCUT2D eigenvalue weighted by Gasteiger charge is 2.02. The van der Waals surface area contributed by atoms with Crippen molar-refractivity contribution in [3.63, 3.8) is 0 Å². The van der Waals surface area contributed by atoms with Gasteiger partial charge in [0, 0.05) is 31.4 Å². The van der Waals surface area contributed by atoms with Crippen molar-refractivity contribution in [3.05, 3.63) is 47.3 Å². The molecule has 0 fully saturated rings. The van der Waals surface area contributed by atoms with Gasteiger partial charge in [0.1, 0.15) is 11.6 Å². The molecule has 0 aliphatic rings. The van der Waals surface area contributed by atoms with Crippen LogP contribution in [0.1, 0.15) is 5.69 Å². The Hall–Kier alpha value is -1.55. The molecule has 2 aromatic rings. The quantitative estimate of drug-likeness (QED) is 0.839. The number of hydrogen-bond donors (Lipinski definition) is 0. The Morgan fingerprint density at radius 2 is 2.29 bits per heavy atom. The summed E-state index contributed by atoms with van der Waals surface area (Å²) < 4.78 is 20.3. The molecule has 1 aromatic carbocycles. The standard InChI is InChI=1S/C12H12ClFN2O/c1-16-8-15-7-9(16)4-5-17-10-2-3-12(14)11(13)6-10/h2-3,6-8H,4-5H2,1H3. The lowest BCUT2D eigenvalue weighted by molar-refractivity contribution is 0.318. The molecule has 1 aromatic heterocycles. The lowest BCUT2D eigenvalue weighted by atomic mass is 10.3. The second-order valence-electron chi connectivity index (χ2n) is 3.67. The average molecular weight is 255 g/mol. The van der Waals surface area contributed by atoms with Gasteiger partial charge in [-0.3, -0.25) is 0 Å². The minimum atomic E-state index is -0.439. The van der Waals surface area contributed by atoms with Crippen molar-refractivity contribution in [2.45, 2.75) is 6.42 Å². The summed E-state index contributed by atoms with van der Waals surface area (Å²) in [7, 11) is 1.93. The van der Waals surface area contributed by atoms with Crippen LogP contribution in [-0.2, 0) is 13.5 Å². The predicted octanol–water partition coefficient (Wildman–Crippen LogP) is 2.83. The zero-order chi connectivity index (χ0) is 12.3. The number of aromatic nitrogens is 2. The predicted molar refractivity (Wildman–Crippen MR) is 63.8 cm³/mol. The monoisotopic (exact) mass is 254 g/mol. The van der Waals surface area contributed by atoms with E-state index in [0.29, 0.717) is 12.4 Å². The minimum absolute atomic E-state index is 0.0723. The van der Waals surface area contributed by atoms with Gasteiger partial charge in [0.2, 0.25) is 0 Å². The molecule has 2 rings (SSSR count). The molecule has 0 N–H and O–H groups in total. The van der Waals surface area contributed by atoms with Crippen molar-refractivity contribution in [1.82, 2.24) is 9.55 Å². The molecule has 0 amide bonds. The third kappa shape index (κ3) is 2.97. The maximum Gasteiger partial charge on any atom is 0.142 e. The highest BCUT2D eigenvalue weighted by Crippen LogP contribution is 2.21. The number of ether oxygens (including phenoxy) is 1. The molecule has 0 radical (unpaired) electrons. The summed E-state index contributed by atoms with van der Waals surface area (Å²) in [5, 5.41) is 0.0723. The highest BCUT2D eigenvalue weighted by atomic mass is 35.5. The first kappa shape index (κ1) is 11.9. The Kier molecular flexibility index (Phi) is 3.64. The van der Waals surface area contributed by atoms with E-state index in [-0.39, 0.29) is 5.02 Å². The Morgan fingerprint density at radius 1 is 1.47 bits per heavy atom. The summed E-state index contributed by atoms with van der Waals surface area (Å²) in [5.41, 5.74) is 1.08. The molecule has 0 saturated heterocycles. The molecule has 17 heavy (non-hydrogen) atoms. The van der Waals surface area contributed by atoms with Crippen LogP contribution in [0.4, 0.5) is 4.39 Å². The van der Waals surface area contributed by atoms with Crippen LogP contribution in [0, 0.1) is 5.82 Å². The molecule has 5 heteroatoms. The molecular weight excluding hydrogens is 243 g/mol. The zero-order valence-electron chi connectivity index (χ0n) is 9.36. The topological polar surface area (TPSA) is 27.1 Å². The molecule has 0 atom stereocenters. The van der Waals surface area contributed by atoms with Crippen molar-refractivity contribution in [2.24, 2.45) is 7.05 Å². The maximum atomic E-state index is 12.9. The van der Waals surface area contributed by atoms with Gasteiger partial charge in [-0.1, -0.05) is 11.6 Å². The van der Waals surface area contributed by atoms with E-state index in [4.69, 9.17) is 16.3 Å². The normalized spacial score (nSPS) is 10.5. The van der Waals surface area contributed by atoms with E-state index < -0.39 is 5.82 Å². The summed E-state index contributed by atoms with van der Waals surface area (Å²) in [4.78, 5) is 4.01. The van der Waals surface area contributed by atoms with Crippen LogP contribution in [0.5, 0.6) is 5.75 Å². The summed E-state index contributed by atoms with van der Waals surface area (Å²) in [6.07, 6.45) is 4.27. The SMILES string of the molecule is Cn1cncc1CCOc1ccc(F)c(Cl)c1. The highest BCUT2D eigenvalue weighted by molar-refractivity contribution is 6.30. The van der Waals surface area contributed by atoms with Crippen molar-refractivity contribution >= 4 is 11.6 Å². The fraction of sp³-hybridized carbons (Fsp3) is 0.250. The van der Waals surface area contributed by atoms with E-state index in [2.05, 4.69) is 4.98 Å². The molecule has 0 bridgehead atoms. The van der Waals surface area contributed by atoms with Crippen molar-refractivity contribution < 1.29 is 9.13 Å². The number of benzene rings is 1. The molecular formula is C12H12ClFN2O. The van der Waals surface area contributed by atoms with E-state index in [0.717, 1.165) is 12.1 Å². The molecule has 0 saturated carbocycles. The van der Waals surface area contributed by atoms with Gasteiger partial charge in [0.15, 0.2) is 0 Å². The van der Waals surface area contributed by atoms with E-state index in [9.17, 15) is 4.39 Å². The fourth-order valence-electron chi connectivity index (χ4n) is 1.47. The van der Waals surface area contributed by atoms with Gasteiger partial charge < -0.3 is 9.30 Å². The molecule has 0 aliphatic heterocycles. The second kappa shape index (κ2) is 5.19. The number of imidazole rings is 1. The summed E-state index contributed by atoms with van der Waals surface area (Å²) >= 11 is 5.65. The van der Waals surface area contributed by atoms with Crippen LogP contribution in [0.3, 0.4) is 0 Å². The van der Waals surface area contributed by atoms with E-state index >= 15 is 0 Å². The number of hydrogen-bond acceptors (Lipinski definition) is 2. The summed E-state index contributed by atoms with van der Waals surface area (Å²) in [5.74, 6) is 0.129. The van der Waals surface area contributed by atoms with Gasteiger partial charge in [0.25, 0.3) is 0 Å². The van der Waals surface area contributed by atoms with Crippen LogP contribution >= 0.6 is 11.6 Å². The fourth-order valence-corrected chi connectivity index (χ4v) is 1.64. The van der Waals surface area contributed by atoms with Gasteiger partial charge >= 0.3 is 0 Å². The zero-order valence-corrected chi connectivity index (χ0v) is 10.1. The largest absolute Gasteiger partial charge is 0.493 e.